The molecule has 1 N–H and O–H groups in total. The number of nitrogens with one attached hydrogen (secondary N) is 1. The van der Waals surface area contributed by atoms with Crippen molar-refractivity contribution in [3.63, 3.8) is 0 Å². The highest BCUT2D eigenvalue weighted by Gasteiger charge is 2.26. The summed E-state index contributed by atoms with van der Waals surface area (Å²) >= 11 is 0. The Hall–Kier alpha value is -3.63. The van der Waals surface area contributed by atoms with Crippen LogP contribution in [0.3, 0.4) is 0 Å². The van der Waals surface area contributed by atoms with E-state index in [4.69, 9.17) is 0 Å². The lowest BCUT2D eigenvalue weighted by Crippen LogP contribution is -2.44. The van der Waals surface area contributed by atoms with E-state index in [9.17, 15) is 9.59 Å². The third kappa shape index (κ3) is 4.45. The Morgan fingerprint density at radius 3 is 2.79 bits per heavy atom. The average molecular weight is 395 g/mol. The average Bonchev–Trinajstić information content (AvgIpc) is 3.30. The van der Waals surface area contributed by atoms with Gasteiger partial charge in [0.2, 0.25) is 5.91 Å². The van der Waals surface area contributed by atoms with Crippen molar-refractivity contribution in [2.75, 3.05) is 24.5 Å². The maximum Gasteiger partial charge on any atom is 0.266 e. The van der Waals surface area contributed by atoms with E-state index in [-0.39, 0.29) is 17.4 Å². The number of carbonyl (C=O) groups is 1. The molecule has 0 spiro atoms. The SMILES string of the molecule is O=C(NCCn1ncccc1=O)[C@H]1CCCN(c2ccc(-n3cncn3)nn2)C1. The van der Waals surface area contributed by atoms with Gasteiger partial charge in [-0.25, -0.2) is 14.3 Å². The fourth-order valence-corrected chi connectivity index (χ4v) is 3.32. The molecule has 0 unspecified atom stereocenters. The first-order valence-corrected chi connectivity index (χ1v) is 9.44. The molecule has 0 aliphatic carbocycles. The van der Waals surface area contributed by atoms with Gasteiger partial charge in [0.25, 0.3) is 5.56 Å². The van der Waals surface area contributed by atoms with Crippen LogP contribution in [-0.2, 0) is 11.3 Å². The largest absolute Gasteiger partial charge is 0.354 e. The molecule has 0 bridgehead atoms. The number of hydrogen-bond donors (Lipinski definition) is 1. The molecule has 1 atom stereocenters. The molecule has 4 heterocycles. The van der Waals surface area contributed by atoms with Gasteiger partial charge in [-0.1, -0.05) is 0 Å². The summed E-state index contributed by atoms with van der Waals surface area (Å²) < 4.78 is 2.87. The molecule has 29 heavy (non-hydrogen) atoms. The van der Waals surface area contributed by atoms with E-state index < -0.39 is 0 Å². The maximum absolute atomic E-state index is 12.6. The molecule has 0 aromatic carbocycles. The Morgan fingerprint density at radius 2 is 2.03 bits per heavy atom. The monoisotopic (exact) mass is 395 g/mol. The van der Waals surface area contributed by atoms with E-state index >= 15 is 0 Å². The second-order valence-electron chi connectivity index (χ2n) is 6.75. The summed E-state index contributed by atoms with van der Waals surface area (Å²) in [5.74, 6) is 1.15. The van der Waals surface area contributed by atoms with Crippen LogP contribution in [0.4, 0.5) is 5.82 Å². The van der Waals surface area contributed by atoms with Gasteiger partial charge in [-0.2, -0.15) is 10.2 Å². The molecule has 0 radical (unpaired) electrons. The topological polar surface area (TPSA) is 124 Å². The molecule has 150 valence electrons. The van der Waals surface area contributed by atoms with Gasteiger partial charge in [0.1, 0.15) is 12.7 Å². The van der Waals surface area contributed by atoms with E-state index in [1.54, 1.807) is 18.6 Å². The number of hydrogen-bond acceptors (Lipinski definition) is 8. The number of piperidine rings is 1. The number of aromatic nitrogens is 7. The zero-order valence-corrected chi connectivity index (χ0v) is 15.8. The molecule has 1 saturated heterocycles. The first-order chi connectivity index (χ1) is 14.2. The zero-order chi connectivity index (χ0) is 20.1. The van der Waals surface area contributed by atoms with Gasteiger partial charge in [0.05, 0.1) is 12.5 Å². The quantitative estimate of drug-likeness (QED) is 0.600. The third-order valence-corrected chi connectivity index (χ3v) is 4.81. The fourth-order valence-electron chi connectivity index (χ4n) is 3.32. The van der Waals surface area contributed by atoms with Crippen molar-refractivity contribution < 1.29 is 4.79 Å². The van der Waals surface area contributed by atoms with Crippen molar-refractivity contribution in [3.05, 3.63) is 53.5 Å². The lowest BCUT2D eigenvalue weighted by atomic mass is 9.97. The van der Waals surface area contributed by atoms with E-state index in [2.05, 4.69) is 35.6 Å². The number of carbonyl (C=O) groups excluding carboxylic acids is 1. The van der Waals surface area contributed by atoms with E-state index in [1.165, 1.54) is 21.8 Å². The van der Waals surface area contributed by atoms with Crippen molar-refractivity contribution >= 4 is 11.7 Å². The molecular formula is C18H21N9O2. The zero-order valence-electron chi connectivity index (χ0n) is 15.8. The molecule has 3 aromatic rings. The third-order valence-electron chi connectivity index (χ3n) is 4.81. The van der Waals surface area contributed by atoms with Gasteiger partial charge in [0, 0.05) is 31.9 Å². The van der Waals surface area contributed by atoms with Crippen molar-refractivity contribution in [1.82, 2.24) is 40.1 Å². The number of amides is 1. The second kappa shape index (κ2) is 8.59. The van der Waals surface area contributed by atoms with Crippen LogP contribution in [-0.4, -0.2) is 60.3 Å². The Kier molecular flexibility index (Phi) is 5.54. The lowest BCUT2D eigenvalue weighted by molar-refractivity contribution is -0.125. The lowest BCUT2D eigenvalue weighted by Gasteiger charge is -2.32. The Balaban J connectivity index is 1.32. The van der Waals surface area contributed by atoms with Gasteiger partial charge >= 0.3 is 0 Å². The molecule has 1 aliphatic heterocycles. The van der Waals surface area contributed by atoms with E-state index in [1.807, 2.05) is 12.1 Å². The van der Waals surface area contributed by atoms with E-state index in [0.29, 0.717) is 25.5 Å². The molecule has 3 aromatic heterocycles. The predicted molar refractivity (Wildman–Crippen MR) is 103 cm³/mol. The Labute approximate surface area is 166 Å². The van der Waals surface area contributed by atoms with Crippen LogP contribution in [0.15, 0.2) is 47.9 Å². The van der Waals surface area contributed by atoms with Crippen LogP contribution < -0.4 is 15.8 Å². The van der Waals surface area contributed by atoms with Gasteiger partial charge in [-0.15, -0.1) is 10.2 Å². The number of anilines is 1. The summed E-state index contributed by atoms with van der Waals surface area (Å²) in [6.45, 7) is 2.10. The second-order valence-corrected chi connectivity index (χ2v) is 6.75. The molecule has 0 saturated carbocycles. The Morgan fingerprint density at radius 1 is 1.17 bits per heavy atom. The summed E-state index contributed by atoms with van der Waals surface area (Å²) in [7, 11) is 0. The summed E-state index contributed by atoms with van der Waals surface area (Å²) in [4.78, 5) is 30.2. The van der Waals surface area contributed by atoms with Crippen molar-refractivity contribution in [3.8, 4) is 5.82 Å². The van der Waals surface area contributed by atoms with E-state index in [0.717, 1.165) is 25.2 Å². The first kappa shape index (κ1) is 18.7. The van der Waals surface area contributed by atoms with Crippen LogP contribution >= 0.6 is 0 Å². The van der Waals surface area contributed by atoms with Crippen LogP contribution in [0.5, 0.6) is 0 Å². The van der Waals surface area contributed by atoms with Crippen molar-refractivity contribution in [2.24, 2.45) is 5.92 Å². The van der Waals surface area contributed by atoms with Crippen LogP contribution in [0.2, 0.25) is 0 Å². The summed E-state index contributed by atoms with van der Waals surface area (Å²) in [5.41, 5.74) is -0.182. The van der Waals surface area contributed by atoms with Gasteiger partial charge < -0.3 is 10.2 Å². The highest BCUT2D eigenvalue weighted by atomic mass is 16.2. The van der Waals surface area contributed by atoms with Gasteiger partial charge in [-0.3, -0.25) is 9.59 Å². The minimum Gasteiger partial charge on any atom is -0.354 e. The van der Waals surface area contributed by atoms with Crippen LogP contribution in [0.1, 0.15) is 12.8 Å². The number of nitrogens with zero attached hydrogens (tertiary/aromatic N) is 8. The molecule has 1 amide bonds. The van der Waals surface area contributed by atoms with Gasteiger partial charge in [0.15, 0.2) is 11.6 Å². The normalized spacial score (nSPS) is 16.6. The highest BCUT2D eigenvalue weighted by molar-refractivity contribution is 5.79. The first-order valence-electron chi connectivity index (χ1n) is 9.44. The van der Waals surface area contributed by atoms with Gasteiger partial charge in [-0.05, 0) is 31.0 Å². The van der Waals surface area contributed by atoms with Crippen LogP contribution in [0.25, 0.3) is 5.82 Å². The van der Waals surface area contributed by atoms with Crippen LogP contribution in [0, 0.1) is 5.92 Å². The Bertz CT molecular complexity index is 1000. The summed E-state index contributed by atoms with van der Waals surface area (Å²) in [5, 5.41) is 19.4. The standard InChI is InChI=1S/C18H21N9O2/c28-17-4-1-7-21-26(17)10-8-20-18(29)14-3-2-9-25(11-14)15-5-6-16(24-23-15)27-13-19-12-22-27/h1,4-7,12-14H,2-3,8-11H2,(H,20,29)/t14-/m0/s1. The fraction of sp³-hybridized carbons (Fsp3) is 0.389. The van der Waals surface area contributed by atoms with Crippen molar-refractivity contribution in [1.29, 1.82) is 0 Å². The highest BCUT2D eigenvalue weighted by Crippen LogP contribution is 2.21. The smallest absolute Gasteiger partial charge is 0.266 e. The molecular weight excluding hydrogens is 374 g/mol. The minimum atomic E-state index is -0.182. The minimum absolute atomic E-state index is 0.0223. The maximum atomic E-state index is 12.6. The molecule has 11 nitrogen and oxygen atoms in total. The predicted octanol–water partition coefficient (Wildman–Crippen LogP) is -0.353. The molecule has 1 fully saturated rings. The number of rotatable bonds is 6. The summed E-state index contributed by atoms with van der Waals surface area (Å²) in [6.07, 6.45) is 6.26. The molecule has 4 rings (SSSR count). The molecule has 11 heteroatoms. The molecule has 1 aliphatic rings. The summed E-state index contributed by atoms with van der Waals surface area (Å²) in [6, 6.07) is 6.74. The van der Waals surface area contributed by atoms with Crippen molar-refractivity contribution in [2.45, 2.75) is 19.4 Å².